The second-order valence-corrected chi connectivity index (χ2v) is 1.82. The third-order valence-corrected chi connectivity index (χ3v) is 1.11. The van der Waals surface area contributed by atoms with Crippen LogP contribution in [0.1, 0.15) is 16.8 Å². The first-order valence-corrected chi connectivity index (χ1v) is 2.83. The fraction of sp³-hybridized carbons (Fsp3) is 0.125. The van der Waals surface area contributed by atoms with Gasteiger partial charge in [-0.1, -0.05) is 5.92 Å². The van der Waals surface area contributed by atoms with Crippen LogP contribution in [0.3, 0.4) is 0 Å². The largest absolute Gasteiger partial charge is 0.472 e. The van der Waals surface area contributed by atoms with Crippen molar-refractivity contribution in [1.82, 2.24) is 0 Å². The normalized spacial score (nSPS) is 8.70. The van der Waals surface area contributed by atoms with Gasteiger partial charge in [-0.2, -0.15) is 0 Å². The summed E-state index contributed by atoms with van der Waals surface area (Å²) in [5, 5.41) is 0. The van der Waals surface area contributed by atoms with E-state index in [2.05, 4.69) is 5.92 Å². The van der Waals surface area contributed by atoms with Crippen molar-refractivity contribution in [2.75, 3.05) is 0 Å². The lowest BCUT2D eigenvalue weighted by Gasteiger charge is -1.85. The van der Waals surface area contributed by atoms with Gasteiger partial charge in [-0.3, -0.25) is 4.79 Å². The monoisotopic (exact) mass is 134 g/mol. The van der Waals surface area contributed by atoms with Crippen LogP contribution in [0.15, 0.2) is 23.0 Å². The number of Topliss-reactive ketones (excluding diaryl/α,β-unsaturated/α-hetero) is 1. The van der Waals surface area contributed by atoms with Crippen molar-refractivity contribution in [1.29, 1.82) is 0 Å². The Balaban J connectivity index is 2.71. The number of hydrogen-bond donors (Lipinski definition) is 0. The lowest BCUT2D eigenvalue weighted by atomic mass is 10.2. The SMILES string of the molecule is C#CCC(=O)c1ccoc1. The molecule has 0 saturated heterocycles. The Morgan fingerprint density at radius 2 is 2.60 bits per heavy atom. The minimum atomic E-state index is -0.0729. The molecule has 2 nitrogen and oxygen atoms in total. The van der Waals surface area contributed by atoms with Gasteiger partial charge in [0.15, 0.2) is 5.78 Å². The summed E-state index contributed by atoms with van der Waals surface area (Å²) >= 11 is 0. The summed E-state index contributed by atoms with van der Waals surface area (Å²) in [5.74, 6) is 2.19. The first-order chi connectivity index (χ1) is 4.84. The Morgan fingerprint density at radius 3 is 3.10 bits per heavy atom. The summed E-state index contributed by atoms with van der Waals surface area (Å²) in [5.41, 5.74) is 0.540. The van der Waals surface area contributed by atoms with E-state index in [4.69, 9.17) is 10.8 Å². The van der Waals surface area contributed by atoms with E-state index < -0.39 is 0 Å². The molecule has 0 aliphatic heterocycles. The maximum Gasteiger partial charge on any atom is 0.177 e. The average Bonchev–Trinajstić information content (AvgIpc) is 2.38. The molecule has 0 bridgehead atoms. The maximum atomic E-state index is 10.9. The molecule has 0 aliphatic carbocycles. The van der Waals surface area contributed by atoms with Gasteiger partial charge in [0.2, 0.25) is 0 Å². The molecule has 0 unspecified atom stereocenters. The van der Waals surface area contributed by atoms with Gasteiger partial charge in [-0.05, 0) is 6.07 Å². The highest BCUT2D eigenvalue weighted by molar-refractivity contribution is 5.97. The molecule has 2 heteroatoms. The van der Waals surface area contributed by atoms with Crippen molar-refractivity contribution in [2.45, 2.75) is 6.42 Å². The summed E-state index contributed by atoms with van der Waals surface area (Å²) in [6.45, 7) is 0. The molecule has 1 aromatic heterocycles. The third kappa shape index (κ3) is 1.26. The second kappa shape index (κ2) is 2.88. The molecule has 0 spiro atoms. The van der Waals surface area contributed by atoms with Crippen LogP contribution in [-0.2, 0) is 0 Å². The van der Waals surface area contributed by atoms with Gasteiger partial charge in [0.25, 0.3) is 0 Å². The van der Waals surface area contributed by atoms with Crippen LogP contribution in [-0.4, -0.2) is 5.78 Å². The smallest absolute Gasteiger partial charge is 0.177 e. The van der Waals surface area contributed by atoms with Crippen molar-refractivity contribution in [2.24, 2.45) is 0 Å². The summed E-state index contributed by atoms with van der Waals surface area (Å²) in [6.07, 6.45) is 7.91. The molecular weight excluding hydrogens is 128 g/mol. The van der Waals surface area contributed by atoms with Crippen LogP contribution in [0.25, 0.3) is 0 Å². The van der Waals surface area contributed by atoms with E-state index in [1.54, 1.807) is 6.07 Å². The molecule has 50 valence electrons. The molecule has 0 atom stereocenters. The van der Waals surface area contributed by atoms with E-state index in [0.29, 0.717) is 5.56 Å². The highest BCUT2D eigenvalue weighted by Crippen LogP contribution is 2.02. The van der Waals surface area contributed by atoms with Gasteiger partial charge in [0.05, 0.1) is 18.2 Å². The molecular formula is C8H6O2. The maximum absolute atomic E-state index is 10.9. The van der Waals surface area contributed by atoms with E-state index in [1.807, 2.05) is 0 Å². The van der Waals surface area contributed by atoms with Gasteiger partial charge in [-0.25, -0.2) is 0 Å². The fourth-order valence-corrected chi connectivity index (χ4v) is 0.618. The quantitative estimate of drug-likeness (QED) is 0.453. The van der Waals surface area contributed by atoms with Gasteiger partial charge < -0.3 is 4.42 Å². The number of ketones is 1. The fourth-order valence-electron chi connectivity index (χ4n) is 0.618. The van der Waals surface area contributed by atoms with E-state index in [0.717, 1.165) is 0 Å². The molecule has 10 heavy (non-hydrogen) atoms. The van der Waals surface area contributed by atoms with Crippen molar-refractivity contribution in [3.8, 4) is 12.3 Å². The van der Waals surface area contributed by atoms with E-state index in [-0.39, 0.29) is 12.2 Å². The Morgan fingerprint density at radius 1 is 1.80 bits per heavy atom. The van der Waals surface area contributed by atoms with Crippen LogP contribution in [0.2, 0.25) is 0 Å². The molecule has 0 aliphatic rings. The first kappa shape index (κ1) is 6.63. The Hall–Kier alpha value is -1.49. The highest BCUT2D eigenvalue weighted by atomic mass is 16.3. The molecule has 0 amide bonds. The summed E-state index contributed by atoms with van der Waals surface area (Å²) in [6, 6.07) is 1.60. The lowest BCUT2D eigenvalue weighted by Crippen LogP contribution is -1.93. The minimum Gasteiger partial charge on any atom is -0.472 e. The molecule has 1 rings (SSSR count). The zero-order valence-electron chi connectivity index (χ0n) is 5.33. The van der Waals surface area contributed by atoms with Crippen LogP contribution in [0, 0.1) is 12.3 Å². The Kier molecular flexibility index (Phi) is 1.91. The number of carbonyl (C=O) groups is 1. The van der Waals surface area contributed by atoms with Crippen LogP contribution in [0.4, 0.5) is 0 Å². The van der Waals surface area contributed by atoms with Gasteiger partial charge >= 0.3 is 0 Å². The number of furan rings is 1. The lowest BCUT2D eigenvalue weighted by molar-refractivity contribution is 0.0997. The highest BCUT2D eigenvalue weighted by Gasteiger charge is 2.03. The van der Waals surface area contributed by atoms with Crippen molar-refractivity contribution < 1.29 is 9.21 Å². The number of rotatable bonds is 2. The number of carbonyl (C=O) groups excluding carboxylic acids is 1. The topological polar surface area (TPSA) is 30.2 Å². The van der Waals surface area contributed by atoms with Gasteiger partial charge in [0, 0.05) is 0 Å². The van der Waals surface area contributed by atoms with Crippen molar-refractivity contribution in [3.63, 3.8) is 0 Å². The van der Waals surface area contributed by atoms with Crippen molar-refractivity contribution in [3.05, 3.63) is 24.2 Å². The standard InChI is InChI=1S/C8H6O2/c1-2-3-8(9)7-4-5-10-6-7/h1,4-6H,3H2. The first-order valence-electron chi connectivity index (χ1n) is 2.83. The summed E-state index contributed by atoms with van der Waals surface area (Å²) < 4.78 is 4.69. The van der Waals surface area contributed by atoms with E-state index >= 15 is 0 Å². The average molecular weight is 134 g/mol. The number of terminal acetylenes is 1. The van der Waals surface area contributed by atoms with E-state index in [1.165, 1.54) is 12.5 Å². The second-order valence-electron chi connectivity index (χ2n) is 1.82. The zero-order chi connectivity index (χ0) is 7.40. The molecule has 0 aromatic carbocycles. The van der Waals surface area contributed by atoms with Gasteiger partial charge in [-0.15, -0.1) is 6.42 Å². The van der Waals surface area contributed by atoms with Crippen molar-refractivity contribution >= 4 is 5.78 Å². The minimum absolute atomic E-state index is 0.0729. The van der Waals surface area contributed by atoms with Crippen LogP contribution in [0.5, 0.6) is 0 Å². The molecule has 0 N–H and O–H groups in total. The zero-order valence-corrected chi connectivity index (χ0v) is 5.33. The Bertz CT molecular complexity index is 251. The molecule has 0 radical (unpaired) electrons. The number of hydrogen-bond acceptors (Lipinski definition) is 2. The third-order valence-electron chi connectivity index (χ3n) is 1.11. The van der Waals surface area contributed by atoms with Crippen LogP contribution >= 0.6 is 0 Å². The van der Waals surface area contributed by atoms with Gasteiger partial charge in [0.1, 0.15) is 6.26 Å². The predicted molar refractivity (Wildman–Crippen MR) is 36.5 cm³/mol. The Labute approximate surface area is 58.8 Å². The molecule has 1 aromatic rings. The molecule has 0 saturated carbocycles. The summed E-state index contributed by atoms with van der Waals surface area (Å²) in [4.78, 5) is 10.9. The van der Waals surface area contributed by atoms with E-state index in [9.17, 15) is 4.79 Å². The molecule has 0 fully saturated rings. The summed E-state index contributed by atoms with van der Waals surface area (Å²) in [7, 11) is 0. The molecule has 1 heterocycles. The predicted octanol–water partition coefficient (Wildman–Crippen LogP) is 1.49. The van der Waals surface area contributed by atoms with Crippen LogP contribution < -0.4 is 0 Å².